The second-order valence-corrected chi connectivity index (χ2v) is 4.94. The smallest absolute Gasteiger partial charge is 0.438 e. The summed E-state index contributed by atoms with van der Waals surface area (Å²) in [4.78, 5) is 22.0. The average Bonchev–Trinajstić information content (AvgIpc) is 2.56. The summed E-state index contributed by atoms with van der Waals surface area (Å²) in [7, 11) is 2.49. The van der Waals surface area contributed by atoms with Crippen LogP contribution < -0.4 is 0 Å². The predicted octanol–water partition coefficient (Wildman–Crippen LogP) is 3.20. The second kappa shape index (κ2) is 15.1. The van der Waals surface area contributed by atoms with Crippen LogP contribution in [0, 0.1) is 0 Å². The summed E-state index contributed by atoms with van der Waals surface area (Å²) in [5, 5.41) is 8.69. The maximum absolute atomic E-state index is 11.2. The van der Waals surface area contributed by atoms with Crippen molar-refractivity contribution in [2.45, 2.75) is 51.0 Å². The highest BCUT2D eigenvalue weighted by Gasteiger charge is 2.11. The van der Waals surface area contributed by atoms with Gasteiger partial charge in [0.25, 0.3) is 0 Å². The molecular weight excluding hydrogens is 304 g/mol. The van der Waals surface area contributed by atoms with Crippen molar-refractivity contribution in [3.8, 4) is 0 Å². The molecule has 0 saturated carbocycles. The van der Waals surface area contributed by atoms with Crippen LogP contribution in [0.3, 0.4) is 0 Å². The number of carbonyl (C=O) groups excluding carboxylic acids is 2. The van der Waals surface area contributed by atoms with Crippen molar-refractivity contribution in [1.29, 1.82) is 0 Å². The Morgan fingerprint density at radius 2 is 1.57 bits per heavy atom. The van der Waals surface area contributed by atoms with Gasteiger partial charge >= 0.3 is 12.3 Å². The Morgan fingerprint density at radius 3 is 2.17 bits per heavy atom. The highest BCUT2D eigenvalue weighted by molar-refractivity contribution is 5.60. The van der Waals surface area contributed by atoms with Gasteiger partial charge in [-0.15, -0.1) is 0 Å². The lowest BCUT2D eigenvalue weighted by atomic mass is 10.1. The Balaban J connectivity index is 4.02. The molecule has 0 bridgehead atoms. The molecule has 0 aromatic rings. The van der Waals surface area contributed by atoms with Crippen molar-refractivity contribution in [1.82, 2.24) is 0 Å². The predicted molar refractivity (Wildman–Crippen MR) is 84.2 cm³/mol. The van der Waals surface area contributed by atoms with Crippen LogP contribution in [0.5, 0.6) is 0 Å². The van der Waals surface area contributed by atoms with Gasteiger partial charge in [0.15, 0.2) is 0 Å². The number of aliphatic hydroxyl groups excluding tert-OH is 1. The van der Waals surface area contributed by atoms with Crippen LogP contribution in [-0.2, 0) is 18.9 Å². The lowest BCUT2D eigenvalue weighted by molar-refractivity contribution is 0.0485. The van der Waals surface area contributed by atoms with Gasteiger partial charge in [0, 0.05) is 6.61 Å². The number of unbranched alkanes of at least 4 members (excludes halogenated alkanes) is 5. The van der Waals surface area contributed by atoms with Gasteiger partial charge in [-0.05, 0) is 31.4 Å². The normalized spacial score (nSPS) is 12.0. The lowest BCUT2D eigenvalue weighted by Gasteiger charge is -2.13. The van der Waals surface area contributed by atoms with Gasteiger partial charge in [-0.2, -0.15) is 0 Å². The van der Waals surface area contributed by atoms with E-state index in [2.05, 4.69) is 9.47 Å². The van der Waals surface area contributed by atoms with Gasteiger partial charge in [-0.3, -0.25) is 0 Å². The molecule has 0 aromatic heterocycles. The zero-order valence-corrected chi connectivity index (χ0v) is 14.0. The molecular formula is C16H28O7. The molecule has 0 aromatic carbocycles. The molecule has 1 unspecified atom stereocenters. The summed E-state index contributed by atoms with van der Waals surface area (Å²) in [5.41, 5.74) is 0. The second-order valence-electron chi connectivity index (χ2n) is 4.94. The molecule has 7 heteroatoms. The Morgan fingerprint density at radius 1 is 0.957 bits per heavy atom. The van der Waals surface area contributed by atoms with E-state index < -0.39 is 18.4 Å². The van der Waals surface area contributed by atoms with E-state index >= 15 is 0 Å². The van der Waals surface area contributed by atoms with E-state index in [9.17, 15) is 9.59 Å². The van der Waals surface area contributed by atoms with Crippen molar-refractivity contribution in [2.24, 2.45) is 0 Å². The molecule has 1 atom stereocenters. The number of carbonyl (C=O) groups is 2. The molecule has 0 aliphatic rings. The molecule has 0 amide bonds. The third kappa shape index (κ3) is 13.6. The molecule has 0 radical (unpaired) electrons. The van der Waals surface area contributed by atoms with Crippen LogP contribution in [0.15, 0.2) is 12.2 Å². The first kappa shape index (κ1) is 21.2. The minimum Gasteiger partial charge on any atom is -0.438 e. The van der Waals surface area contributed by atoms with E-state index in [1.165, 1.54) is 14.2 Å². The summed E-state index contributed by atoms with van der Waals surface area (Å²) in [6.07, 6.45) is 8.01. The van der Waals surface area contributed by atoms with Crippen molar-refractivity contribution in [2.75, 3.05) is 27.4 Å². The standard InChI is InChI=1S/C16H28O7/c1-20-15(18)22-13-9-11-14(23-16(19)21-2)10-7-5-3-4-6-8-12-17/h9,11,14,17H,3-8,10,12-13H2,1-2H3/b11-9+. The van der Waals surface area contributed by atoms with Gasteiger partial charge in [0.05, 0.1) is 14.2 Å². The van der Waals surface area contributed by atoms with Crippen LogP contribution in [0.4, 0.5) is 9.59 Å². The molecule has 0 fully saturated rings. The van der Waals surface area contributed by atoms with Crippen molar-refractivity contribution in [3.63, 3.8) is 0 Å². The van der Waals surface area contributed by atoms with E-state index in [4.69, 9.17) is 14.6 Å². The topological polar surface area (TPSA) is 91.3 Å². The average molecular weight is 332 g/mol. The molecule has 0 heterocycles. The van der Waals surface area contributed by atoms with Gasteiger partial charge in [-0.25, -0.2) is 9.59 Å². The SMILES string of the molecule is COC(=O)OC/C=C/C(CCCCCCCCO)OC(=O)OC. The Kier molecular flexibility index (Phi) is 14.0. The van der Waals surface area contributed by atoms with E-state index in [-0.39, 0.29) is 13.2 Å². The van der Waals surface area contributed by atoms with E-state index in [1.54, 1.807) is 12.2 Å². The summed E-state index contributed by atoms with van der Waals surface area (Å²) in [5.74, 6) is 0. The number of ether oxygens (including phenoxy) is 4. The number of methoxy groups -OCH3 is 2. The molecule has 1 N–H and O–H groups in total. The minimum atomic E-state index is -0.761. The zero-order valence-electron chi connectivity index (χ0n) is 14.0. The first-order valence-corrected chi connectivity index (χ1v) is 7.87. The first-order valence-electron chi connectivity index (χ1n) is 7.87. The minimum absolute atomic E-state index is 0.0505. The van der Waals surface area contributed by atoms with Crippen LogP contribution in [0.1, 0.15) is 44.9 Å². The van der Waals surface area contributed by atoms with Crippen LogP contribution >= 0.6 is 0 Å². The zero-order chi connectivity index (χ0) is 17.3. The summed E-state index contributed by atoms with van der Waals surface area (Å²) in [6, 6.07) is 0. The maximum atomic E-state index is 11.2. The van der Waals surface area contributed by atoms with Gasteiger partial charge in [-0.1, -0.05) is 25.7 Å². The quantitative estimate of drug-likeness (QED) is 0.333. The van der Waals surface area contributed by atoms with Crippen LogP contribution in [-0.4, -0.2) is 51.0 Å². The number of hydrogen-bond acceptors (Lipinski definition) is 7. The monoisotopic (exact) mass is 332 g/mol. The van der Waals surface area contributed by atoms with Crippen molar-refractivity contribution >= 4 is 12.3 Å². The molecule has 0 rings (SSSR count). The molecule has 0 spiro atoms. The molecule has 0 saturated heterocycles. The fourth-order valence-corrected chi connectivity index (χ4v) is 1.91. The van der Waals surface area contributed by atoms with E-state index in [0.717, 1.165) is 38.5 Å². The molecule has 0 aliphatic heterocycles. The fraction of sp³-hybridized carbons (Fsp3) is 0.750. The summed E-state index contributed by atoms with van der Waals surface area (Å²) >= 11 is 0. The third-order valence-corrected chi connectivity index (χ3v) is 3.13. The Bertz CT molecular complexity index is 341. The number of hydrogen-bond donors (Lipinski definition) is 1. The van der Waals surface area contributed by atoms with Gasteiger partial charge in [0.2, 0.25) is 0 Å². The molecule has 0 aliphatic carbocycles. The number of aliphatic hydroxyl groups is 1. The largest absolute Gasteiger partial charge is 0.508 e. The maximum Gasteiger partial charge on any atom is 0.508 e. The van der Waals surface area contributed by atoms with Crippen molar-refractivity contribution in [3.05, 3.63) is 12.2 Å². The number of rotatable bonds is 12. The van der Waals surface area contributed by atoms with Crippen LogP contribution in [0.25, 0.3) is 0 Å². The molecule has 134 valence electrons. The third-order valence-electron chi connectivity index (χ3n) is 3.13. The van der Waals surface area contributed by atoms with E-state index in [1.807, 2.05) is 0 Å². The Hall–Kier alpha value is -1.76. The molecule has 7 nitrogen and oxygen atoms in total. The summed E-state index contributed by atoms with van der Waals surface area (Å²) in [6.45, 7) is 0.294. The highest BCUT2D eigenvalue weighted by Crippen LogP contribution is 2.12. The fourth-order valence-electron chi connectivity index (χ4n) is 1.91. The highest BCUT2D eigenvalue weighted by atomic mass is 16.7. The van der Waals surface area contributed by atoms with E-state index in [0.29, 0.717) is 6.42 Å². The van der Waals surface area contributed by atoms with Gasteiger partial charge in [0.1, 0.15) is 12.7 Å². The van der Waals surface area contributed by atoms with Crippen molar-refractivity contribution < 1.29 is 33.6 Å². The first-order chi connectivity index (χ1) is 11.1. The Labute approximate surface area is 137 Å². The summed E-state index contributed by atoms with van der Waals surface area (Å²) < 4.78 is 18.7. The lowest BCUT2D eigenvalue weighted by Crippen LogP contribution is -2.16. The molecule has 23 heavy (non-hydrogen) atoms. The van der Waals surface area contributed by atoms with Crippen LogP contribution in [0.2, 0.25) is 0 Å². The van der Waals surface area contributed by atoms with Gasteiger partial charge < -0.3 is 24.1 Å².